The lowest BCUT2D eigenvalue weighted by Gasteiger charge is -2.18. The second kappa shape index (κ2) is 16.7. The van der Waals surface area contributed by atoms with Crippen molar-refractivity contribution in [3.05, 3.63) is 153 Å². The highest BCUT2D eigenvalue weighted by atomic mass is 32.1. The molecule has 0 saturated heterocycles. The number of carbonyl (C=O) groups is 1. The summed E-state index contributed by atoms with van der Waals surface area (Å²) in [6.07, 6.45) is 1.70. The van der Waals surface area contributed by atoms with E-state index in [1.54, 1.807) is 61.8 Å². The van der Waals surface area contributed by atoms with Gasteiger partial charge in [0, 0.05) is 48.2 Å². The summed E-state index contributed by atoms with van der Waals surface area (Å²) in [4.78, 5) is 53.2. The van der Waals surface area contributed by atoms with Crippen molar-refractivity contribution in [2.75, 3.05) is 33.1 Å². The van der Waals surface area contributed by atoms with Gasteiger partial charge in [-0.3, -0.25) is 24.1 Å². The van der Waals surface area contributed by atoms with Crippen molar-refractivity contribution in [2.45, 2.75) is 19.6 Å². The number of anilines is 1. The van der Waals surface area contributed by atoms with Gasteiger partial charge in [0.25, 0.3) is 5.56 Å². The van der Waals surface area contributed by atoms with Crippen LogP contribution in [-0.4, -0.2) is 52.9 Å². The van der Waals surface area contributed by atoms with E-state index in [0.29, 0.717) is 39.7 Å². The highest BCUT2D eigenvalue weighted by molar-refractivity contribution is 7.22. The Morgan fingerprint density at radius 2 is 1.67 bits per heavy atom. The molecular weight excluding hydrogens is 717 g/mol. The van der Waals surface area contributed by atoms with E-state index in [-0.39, 0.29) is 34.6 Å². The normalized spacial score (nSPS) is 11.1. The first-order valence-electron chi connectivity index (χ1n) is 16.7. The van der Waals surface area contributed by atoms with Crippen molar-refractivity contribution in [3.8, 4) is 21.9 Å². The summed E-state index contributed by atoms with van der Waals surface area (Å²) in [6, 6.07) is 21.8. The van der Waals surface area contributed by atoms with E-state index >= 15 is 8.78 Å². The number of likely N-dealkylation sites (N-methyl/N-ethyl adjacent to an activating group) is 1. The van der Waals surface area contributed by atoms with E-state index in [1.165, 1.54) is 29.1 Å². The Bertz CT molecular complexity index is 2390. The van der Waals surface area contributed by atoms with Crippen LogP contribution >= 0.6 is 11.3 Å². The molecule has 278 valence electrons. The zero-order valence-corrected chi connectivity index (χ0v) is 30.5. The van der Waals surface area contributed by atoms with Crippen molar-refractivity contribution in [2.24, 2.45) is 0 Å². The minimum absolute atomic E-state index is 0.202. The van der Waals surface area contributed by atoms with Gasteiger partial charge in [-0.2, -0.15) is 0 Å². The van der Waals surface area contributed by atoms with Gasteiger partial charge in [0.1, 0.15) is 28.8 Å². The maximum Gasteiger partial charge on any atom is 0.343 e. The molecule has 0 aliphatic carbocycles. The molecule has 3 heterocycles. The molecule has 2 amide bonds. The Hall–Kier alpha value is -6.16. The Morgan fingerprint density at radius 3 is 2.31 bits per heavy atom. The number of amides is 2. The fraction of sp³-hybridized carbons (Fsp3) is 0.179. The summed E-state index contributed by atoms with van der Waals surface area (Å²) in [6.45, 7) is 4.25. The van der Waals surface area contributed by atoms with Gasteiger partial charge in [0.2, 0.25) is 0 Å². The first kappa shape index (κ1) is 37.6. The standard InChI is InChI=1S/C39H37F2N7O5S/c1-24(42-2)23-53-29-17-15-28(16-18-29)48-36(49)34-31(21-46(3)20-27-8-5-6-19-43-27)35(25-11-13-26(14-12-25)44-38(50)45-52-4)54-37(34)47(39(48)51)22-30-32(40)9-7-10-33(30)41/h5-19,42H,1,20-23H2,2-4H3,(H2,44,45,50). The van der Waals surface area contributed by atoms with Crippen LogP contribution in [0.1, 0.15) is 16.8 Å². The van der Waals surface area contributed by atoms with Gasteiger partial charge in [-0.15, -0.1) is 11.3 Å². The van der Waals surface area contributed by atoms with Crippen LogP contribution in [0.4, 0.5) is 19.3 Å². The number of pyridine rings is 1. The average Bonchev–Trinajstić information content (AvgIpc) is 3.53. The number of fused-ring (bicyclic) bond motifs is 1. The maximum absolute atomic E-state index is 15.2. The summed E-state index contributed by atoms with van der Waals surface area (Å²) >= 11 is 1.17. The van der Waals surface area contributed by atoms with Crippen LogP contribution in [0.3, 0.4) is 0 Å². The Balaban J connectivity index is 1.56. The summed E-state index contributed by atoms with van der Waals surface area (Å²) < 4.78 is 38.4. The molecular formula is C39H37F2N7O5S. The molecule has 3 aromatic carbocycles. The highest BCUT2D eigenvalue weighted by Gasteiger charge is 2.26. The molecule has 6 aromatic rings. The zero-order valence-electron chi connectivity index (χ0n) is 29.7. The molecule has 3 N–H and O–H groups in total. The van der Waals surface area contributed by atoms with E-state index in [0.717, 1.165) is 22.4 Å². The van der Waals surface area contributed by atoms with Gasteiger partial charge < -0.3 is 15.4 Å². The average molecular weight is 754 g/mol. The number of carbonyl (C=O) groups excluding carboxylic acids is 1. The van der Waals surface area contributed by atoms with Crippen molar-refractivity contribution in [3.63, 3.8) is 0 Å². The van der Waals surface area contributed by atoms with Crippen LogP contribution in [0, 0.1) is 11.6 Å². The number of rotatable bonds is 14. The van der Waals surface area contributed by atoms with E-state index in [4.69, 9.17) is 4.74 Å². The predicted octanol–water partition coefficient (Wildman–Crippen LogP) is 6.03. The van der Waals surface area contributed by atoms with Gasteiger partial charge in [0.05, 0.1) is 30.4 Å². The number of nitrogens with zero attached hydrogens (tertiary/aromatic N) is 4. The molecule has 12 nitrogen and oxygen atoms in total. The lowest BCUT2D eigenvalue weighted by Crippen LogP contribution is -2.39. The van der Waals surface area contributed by atoms with E-state index in [9.17, 15) is 14.4 Å². The van der Waals surface area contributed by atoms with Crippen LogP contribution < -0.4 is 32.1 Å². The van der Waals surface area contributed by atoms with Crippen molar-refractivity contribution >= 4 is 33.3 Å². The molecule has 0 spiro atoms. The Kier molecular flexibility index (Phi) is 11.6. The molecule has 0 atom stereocenters. The van der Waals surface area contributed by atoms with Crippen LogP contribution in [0.15, 0.2) is 113 Å². The van der Waals surface area contributed by atoms with Gasteiger partial charge in [-0.25, -0.2) is 28.4 Å². The second-order valence-electron chi connectivity index (χ2n) is 12.3. The number of urea groups is 1. The fourth-order valence-corrected chi connectivity index (χ4v) is 7.15. The smallest absolute Gasteiger partial charge is 0.343 e. The van der Waals surface area contributed by atoms with Crippen LogP contribution in [-0.2, 0) is 24.5 Å². The Morgan fingerprint density at radius 1 is 0.944 bits per heavy atom. The van der Waals surface area contributed by atoms with Crippen LogP contribution in [0.5, 0.6) is 5.75 Å². The molecule has 0 aliphatic rings. The third-order valence-electron chi connectivity index (χ3n) is 8.50. The molecule has 0 unspecified atom stereocenters. The van der Waals surface area contributed by atoms with Crippen molar-refractivity contribution in [1.29, 1.82) is 0 Å². The minimum Gasteiger partial charge on any atom is -0.487 e. The van der Waals surface area contributed by atoms with Crippen molar-refractivity contribution < 1.29 is 23.1 Å². The van der Waals surface area contributed by atoms with E-state index in [2.05, 4.69) is 32.5 Å². The number of aromatic nitrogens is 3. The number of hydroxylamine groups is 1. The molecule has 15 heteroatoms. The van der Waals surface area contributed by atoms with Gasteiger partial charge >= 0.3 is 11.7 Å². The lowest BCUT2D eigenvalue weighted by molar-refractivity contribution is 0.114. The number of nitrogens with one attached hydrogen (secondary N) is 3. The van der Waals surface area contributed by atoms with Gasteiger partial charge in [-0.1, -0.05) is 30.8 Å². The SMILES string of the molecule is C=C(COc1ccc(-n2c(=O)c3c(CN(C)Cc4ccccn4)c(-c4ccc(NC(=O)NOC)cc4)sc3n(Cc3c(F)cccc3F)c2=O)cc1)NC. The highest BCUT2D eigenvalue weighted by Crippen LogP contribution is 2.39. The van der Waals surface area contributed by atoms with Crippen molar-refractivity contribution in [1.82, 2.24) is 29.8 Å². The summed E-state index contributed by atoms with van der Waals surface area (Å²) in [7, 11) is 4.93. The lowest BCUT2D eigenvalue weighted by atomic mass is 10.1. The molecule has 0 saturated carbocycles. The summed E-state index contributed by atoms with van der Waals surface area (Å²) in [5.41, 5.74) is 3.93. The monoisotopic (exact) mass is 753 g/mol. The second-order valence-corrected chi connectivity index (χ2v) is 13.3. The number of hydrogen-bond acceptors (Lipinski definition) is 9. The summed E-state index contributed by atoms with van der Waals surface area (Å²) in [5, 5.41) is 5.78. The molecule has 54 heavy (non-hydrogen) atoms. The molecule has 6 rings (SSSR count). The van der Waals surface area contributed by atoms with E-state index < -0.39 is 35.5 Å². The number of hydrogen-bond donors (Lipinski definition) is 3. The van der Waals surface area contributed by atoms with Gasteiger partial charge in [0.15, 0.2) is 0 Å². The number of benzene rings is 3. The summed E-state index contributed by atoms with van der Waals surface area (Å²) in [5.74, 6) is -1.18. The number of halogens is 2. The zero-order chi connectivity index (χ0) is 38.4. The number of thiophene rings is 1. The molecule has 0 bridgehead atoms. The minimum atomic E-state index is -0.829. The van der Waals surface area contributed by atoms with Gasteiger partial charge in [-0.05, 0) is 78.8 Å². The molecule has 0 aliphatic heterocycles. The largest absolute Gasteiger partial charge is 0.487 e. The number of ether oxygens (including phenoxy) is 1. The molecule has 0 radical (unpaired) electrons. The topological polar surface area (TPSA) is 132 Å². The van der Waals surface area contributed by atoms with Crippen LogP contribution in [0.25, 0.3) is 26.3 Å². The molecule has 0 fully saturated rings. The van der Waals surface area contributed by atoms with E-state index in [1.807, 2.05) is 30.1 Å². The maximum atomic E-state index is 15.2. The molecule has 3 aromatic heterocycles. The van der Waals surface area contributed by atoms with Crippen LogP contribution in [0.2, 0.25) is 0 Å². The predicted molar refractivity (Wildman–Crippen MR) is 205 cm³/mol. The third kappa shape index (κ3) is 8.23. The Labute approximate surface area is 312 Å². The quantitative estimate of drug-likeness (QED) is 0.115. The first-order valence-corrected chi connectivity index (χ1v) is 17.5. The first-order chi connectivity index (χ1) is 26.1. The fourth-order valence-electron chi connectivity index (χ4n) is 5.84. The third-order valence-corrected chi connectivity index (χ3v) is 9.80.